The molecule has 2 amide bonds. The number of ether oxygens (including phenoxy) is 2. The van der Waals surface area contributed by atoms with Gasteiger partial charge in [-0.3, -0.25) is 0 Å². The van der Waals surface area contributed by atoms with Crippen molar-refractivity contribution < 1.29 is 14.3 Å². The highest BCUT2D eigenvalue weighted by Gasteiger charge is 1.99. The van der Waals surface area contributed by atoms with E-state index in [0.717, 1.165) is 18.6 Å². The maximum Gasteiger partial charge on any atom is 0.314 e. The van der Waals surface area contributed by atoms with Crippen LogP contribution >= 0.6 is 0 Å². The number of methoxy groups -OCH3 is 1. The fraction of sp³-hybridized carbons (Fsp3) is 0.533. The molecule has 0 aromatic heterocycles. The van der Waals surface area contributed by atoms with Gasteiger partial charge in [0, 0.05) is 20.3 Å². The van der Waals surface area contributed by atoms with Crippen molar-refractivity contribution in [2.24, 2.45) is 0 Å². The summed E-state index contributed by atoms with van der Waals surface area (Å²) in [5.74, 6) is 0.839. The number of urea groups is 1. The lowest BCUT2D eigenvalue weighted by Crippen LogP contribution is -2.38. The smallest absolute Gasteiger partial charge is 0.314 e. The Hall–Kier alpha value is -1.75. The number of aryl methyl sites for hydroxylation is 1. The molecule has 0 heterocycles. The molecular formula is C15H24N2O3. The highest BCUT2D eigenvalue weighted by atomic mass is 16.5. The molecule has 0 bridgehead atoms. The van der Waals surface area contributed by atoms with Crippen LogP contribution in [0.25, 0.3) is 0 Å². The molecule has 0 saturated carbocycles. The Morgan fingerprint density at radius 2 is 2.00 bits per heavy atom. The summed E-state index contributed by atoms with van der Waals surface area (Å²) >= 11 is 0. The first kappa shape index (κ1) is 16.3. The molecule has 0 saturated heterocycles. The summed E-state index contributed by atoms with van der Waals surface area (Å²) in [6.45, 7) is 4.30. The van der Waals surface area contributed by atoms with Crippen LogP contribution in [0.5, 0.6) is 5.75 Å². The molecule has 112 valence electrons. The van der Waals surface area contributed by atoms with Crippen LogP contribution in [0.3, 0.4) is 0 Å². The summed E-state index contributed by atoms with van der Waals surface area (Å²) in [6, 6.07) is 7.81. The summed E-state index contributed by atoms with van der Waals surface area (Å²) in [5, 5.41) is 5.49. The van der Waals surface area contributed by atoms with Gasteiger partial charge < -0.3 is 20.1 Å². The van der Waals surface area contributed by atoms with Crippen LogP contribution in [-0.2, 0) is 11.2 Å². The van der Waals surface area contributed by atoms with Gasteiger partial charge in [0.05, 0.1) is 6.54 Å². The van der Waals surface area contributed by atoms with Crippen molar-refractivity contribution in [1.82, 2.24) is 10.6 Å². The summed E-state index contributed by atoms with van der Waals surface area (Å²) in [6.07, 6.45) is 1.80. The molecule has 1 aromatic carbocycles. The Bertz CT molecular complexity index is 396. The summed E-state index contributed by atoms with van der Waals surface area (Å²) in [7, 11) is 1.64. The molecule has 1 aromatic rings. The Morgan fingerprint density at radius 1 is 1.20 bits per heavy atom. The maximum atomic E-state index is 11.4. The zero-order valence-corrected chi connectivity index (χ0v) is 12.3. The van der Waals surface area contributed by atoms with Gasteiger partial charge in [0.15, 0.2) is 0 Å². The first-order valence-corrected chi connectivity index (χ1v) is 6.98. The normalized spacial score (nSPS) is 10.1. The molecule has 0 aliphatic carbocycles. The molecule has 1 rings (SSSR count). The van der Waals surface area contributed by atoms with Gasteiger partial charge in [-0.2, -0.15) is 0 Å². The highest BCUT2D eigenvalue weighted by molar-refractivity contribution is 5.73. The third-order valence-corrected chi connectivity index (χ3v) is 2.77. The van der Waals surface area contributed by atoms with Gasteiger partial charge in [-0.15, -0.1) is 0 Å². The third-order valence-electron chi connectivity index (χ3n) is 2.77. The van der Waals surface area contributed by atoms with E-state index in [9.17, 15) is 4.79 Å². The molecule has 0 atom stereocenters. The molecule has 0 radical (unpaired) electrons. The molecule has 5 heteroatoms. The zero-order chi connectivity index (χ0) is 14.6. The predicted molar refractivity (Wildman–Crippen MR) is 79.2 cm³/mol. The number of rotatable bonds is 9. The molecule has 0 fully saturated rings. The van der Waals surface area contributed by atoms with Crippen LogP contribution in [-0.4, -0.2) is 39.4 Å². The molecule has 0 aliphatic rings. The first-order valence-electron chi connectivity index (χ1n) is 6.98. The van der Waals surface area contributed by atoms with Crippen LogP contribution in [0, 0.1) is 0 Å². The third kappa shape index (κ3) is 6.99. The Labute approximate surface area is 120 Å². The van der Waals surface area contributed by atoms with Crippen molar-refractivity contribution in [2.45, 2.75) is 19.8 Å². The van der Waals surface area contributed by atoms with Crippen molar-refractivity contribution in [3.05, 3.63) is 29.8 Å². The number of nitrogens with one attached hydrogen (secondary N) is 2. The lowest BCUT2D eigenvalue weighted by Gasteiger charge is -2.09. The van der Waals surface area contributed by atoms with Crippen molar-refractivity contribution in [2.75, 3.05) is 33.4 Å². The number of hydrogen-bond donors (Lipinski definition) is 2. The van der Waals surface area contributed by atoms with E-state index in [1.54, 1.807) is 7.11 Å². The zero-order valence-electron chi connectivity index (χ0n) is 12.3. The number of benzene rings is 1. The molecule has 0 unspecified atom stereocenters. The van der Waals surface area contributed by atoms with Crippen molar-refractivity contribution >= 4 is 6.03 Å². The minimum Gasteiger partial charge on any atom is -0.492 e. The van der Waals surface area contributed by atoms with Gasteiger partial charge in [0.2, 0.25) is 0 Å². The van der Waals surface area contributed by atoms with Gasteiger partial charge >= 0.3 is 6.03 Å². The van der Waals surface area contributed by atoms with Gasteiger partial charge in [-0.05, 0) is 30.5 Å². The quantitative estimate of drug-likeness (QED) is 0.680. The largest absolute Gasteiger partial charge is 0.492 e. The standard InChI is InChI=1S/C15H24N2O3/c1-3-13-6-4-7-14(12-13)20-11-9-17-15(18)16-8-5-10-19-2/h4,6-7,12H,3,5,8-11H2,1-2H3,(H2,16,17,18). The van der Waals surface area contributed by atoms with Crippen LogP contribution in [0.2, 0.25) is 0 Å². The van der Waals surface area contributed by atoms with Gasteiger partial charge in [0.25, 0.3) is 0 Å². The second-order valence-electron chi connectivity index (χ2n) is 4.38. The minimum absolute atomic E-state index is 0.174. The second-order valence-corrected chi connectivity index (χ2v) is 4.38. The molecule has 20 heavy (non-hydrogen) atoms. The average molecular weight is 280 g/mol. The van der Waals surface area contributed by atoms with E-state index in [0.29, 0.717) is 26.3 Å². The molecule has 0 spiro atoms. The van der Waals surface area contributed by atoms with Crippen LogP contribution in [0.4, 0.5) is 4.79 Å². The maximum absolute atomic E-state index is 11.4. The van der Waals surface area contributed by atoms with Crippen molar-refractivity contribution in [3.63, 3.8) is 0 Å². The fourth-order valence-corrected chi connectivity index (χ4v) is 1.67. The van der Waals surface area contributed by atoms with E-state index >= 15 is 0 Å². The fourth-order valence-electron chi connectivity index (χ4n) is 1.67. The molecule has 0 aliphatic heterocycles. The predicted octanol–water partition coefficient (Wildman–Crippen LogP) is 1.96. The summed E-state index contributed by atoms with van der Waals surface area (Å²) in [5.41, 5.74) is 1.24. The van der Waals surface area contributed by atoms with Crippen LogP contribution < -0.4 is 15.4 Å². The highest BCUT2D eigenvalue weighted by Crippen LogP contribution is 2.13. The lowest BCUT2D eigenvalue weighted by molar-refractivity contribution is 0.193. The number of carbonyl (C=O) groups is 1. The Balaban J connectivity index is 2.10. The average Bonchev–Trinajstić information content (AvgIpc) is 2.48. The topological polar surface area (TPSA) is 59.6 Å². The van der Waals surface area contributed by atoms with E-state index < -0.39 is 0 Å². The van der Waals surface area contributed by atoms with E-state index in [4.69, 9.17) is 9.47 Å². The number of carbonyl (C=O) groups excluding carboxylic acids is 1. The number of hydrogen-bond acceptors (Lipinski definition) is 3. The summed E-state index contributed by atoms with van der Waals surface area (Å²) in [4.78, 5) is 11.4. The first-order chi connectivity index (χ1) is 9.76. The van der Waals surface area contributed by atoms with Crippen molar-refractivity contribution in [3.8, 4) is 5.75 Å². The van der Waals surface area contributed by atoms with E-state index in [1.807, 2.05) is 18.2 Å². The molecular weight excluding hydrogens is 256 g/mol. The van der Waals surface area contributed by atoms with Gasteiger partial charge in [-0.25, -0.2) is 4.79 Å². The second kappa shape index (κ2) is 10.1. The van der Waals surface area contributed by atoms with Crippen LogP contribution in [0.15, 0.2) is 24.3 Å². The van der Waals surface area contributed by atoms with Gasteiger partial charge in [-0.1, -0.05) is 19.1 Å². The van der Waals surface area contributed by atoms with Crippen molar-refractivity contribution in [1.29, 1.82) is 0 Å². The van der Waals surface area contributed by atoms with E-state index in [-0.39, 0.29) is 6.03 Å². The lowest BCUT2D eigenvalue weighted by atomic mass is 10.2. The SMILES string of the molecule is CCc1cccc(OCCNC(=O)NCCCOC)c1. The summed E-state index contributed by atoms with van der Waals surface area (Å²) < 4.78 is 10.5. The molecule has 5 nitrogen and oxygen atoms in total. The number of amides is 2. The van der Waals surface area contributed by atoms with Gasteiger partial charge in [0.1, 0.15) is 12.4 Å². The Kier molecular flexibility index (Phi) is 8.22. The monoisotopic (exact) mass is 280 g/mol. The Morgan fingerprint density at radius 3 is 2.75 bits per heavy atom. The van der Waals surface area contributed by atoms with E-state index in [2.05, 4.69) is 23.6 Å². The van der Waals surface area contributed by atoms with E-state index in [1.165, 1.54) is 5.56 Å². The minimum atomic E-state index is -0.174. The van der Waals surface area contributed by atoms with Crippen LogP contribution in [0.1, 0.15) is 18.9 Å². The molecule has 2 N–H and O–H groups in total.